The molecule has 0 spiro atoms. The zero-order chi connectivity index (χ0) is 22.0. The van der Waals surface area contributed by atoms with Gasteiger partial charge in [0.25, 0.3) is 0 Å². The first-order chi connectivity index (χ1) is 15.0. The van der Waals surface area contributed by atoms with Crippen LogP contribution >= 0.6 is 0 Å². The number of carbonyl (C=O) groups is 3. The minimum absolute atomic E-state index is 0.129. The lowest BCUT2D eigenvalue weighted by Crippen LogP contribution is -2.47. The van der Waals surface area contributed by atoms with Crippen molar-refractivity contribution in [2.45, 2.75) is 77.3 Å². The molecule has 0 aromatic heterocycles. The third-order valence-corrected chi connectivity index (χ3v) is 7.22. The fraction of sp³-hybridized carbons (Fsp3) is 0.640. The highest BCUT2D eigenvalue weighted by Gasteiger charge is 2.31. The SMILES string of the molecule is CCC(=O)N1c2ccc(C(=O)CN3CCC(NC(=O)C4CCCC4)CC3)cc2CC1C. The van der Waals surface area contributed by atoms with Crippen molar-refractivity contribution in [3.63, 3.8) is 0 Å². The monoisotopic (exact) mass is 425 g/mol. The summed E-state index contributed by atoms with van der Waals surface area (Å²) in [4.78, 5) is 41.6. The highest BCUT2D eigenvalue weighted by Crippen LogP contribution is 2.33. The lowest BCUT2D eigenvalue weighted by atomic mass is 10.0. The number of piperidine rings is 1. The molecule has 6 nitrogen and oxygen atoms in total. The summed E-state index contributed by atoms with van der Waals surface area (Å²) in [6, 6.07) is 6.16. The molecule has 1 N–H and O–H groups in total. The first kappa shape index (κ1) is 22.0. The molecule has 1 aromatic carbocycles. The Kier molecular flexibility index (Phi) is 6.75. The van der Waals surface area contributed by atoms with Gasteiger partial charge in [0.2, 0.25) is 11.8 Å². The van der Waals surface area contributed by atoms with E-state index in [1.807, 2.05) is 30.0 Å². The highest BCUT2D eigenvalue weighted by molar-refractivity contribution is 6.00. The van der Waals surface area contributed by atoms with Crippen LogP contribution in [0.2, 0.25) is 0 Å². The van der Waals surface area contributed by atoms with Crippen LogP contribution in [0.5, 0.6) is 0 Å². The minimum atomic E-state index is 0.129. The second kappa shape index (κ2) is 9.51. The lowest BCUT2D eigenvalue weighted by molar-refractivity contribution is -0.125. The summed E-state index contributed by atoms with van der Waals surface area (Å²) in [7, 11) is 0. The smallest absolute Gasteiger partial charge is 0.226 e. The molecule has 1 aromatic rings. The van der Waals surface area contributed by atoms with Gasteiger partial charge < -0.3 is 10.2 Å². The summed E-state index contributed by atoms with van der Waals surface area (Å²) in [5.41, 5.74) is 2.77. The maximum atomic E-state index is 12.9. The lowest BCUT2D eigenvalue weighted by Gasteiger charge is -2.32. The van der Waals surface area contributed by atoms with E-state index in [9.17, 15) is 14.4 Å². The van der Waals surface area contributed by atoms with Gasteiger partial charge in [-0.15, -0.1) is 0 Å². The van der Waals surface area contributed by atoms with Crippen LogP contribution in [0, 0.1) is 5.92 Å². The standard InChI is InChI=1S/C25H35N3O3/c1-3-24(30)28-17(2)14-20-15-19(8-9-22(20)28)23(29)16-27-12-10-21(11-13-27)26-25(31)18-6-4-5-7-18/h8-9,15,17-18,21H,3-7,10-14,16H2,1-2H3,(H,26,31). The van der Waals surface area contributed by atoms with Gasteiger partial charge in [-0.05, 0) is 62.8 Å². The van der Waals surface area contributed by atoms with Crippen LogP contribution < -0.4 is 10.2 Å². The number of fused-ring (bicyclic) bond motifs is 1. The molecule has 31 heavy (non-hydrogen) atoms. The van der Waals surface area contributed by atoms with Crippen molar-refractivity contribution in [1.29, 1.82) is 0 Å². The summed E-state index contributed by atoms with van der Waals surface area (Å²) in [6.07, 6.45) is 7.51. The third kappa shape index (κ3) is 4.84. The molecule has 168 valence electrons. The van der Waals surface area contributed by atoms with Gasteiger partial charge in [0.05, 0.1) is 6.54 Å². The molecule has 1 atom stereocenters. The van der Waals surface area contributed by atoms with E-state index >= 15 is 0 Å². The summed E-state index contributed by atoms with van der Waals surface area (Å²) in [5, 5.41) is 3.23. The first-order valence-corrected chi connectivity index (χ1v) is 12.0. The Morgan fingerprint density at radius 2 is 1.77 bits per heavy atom. The molecule has 1 aliphatic carbocycles. The molecular weight excluding hydrogens is 390 g/mol. The second-order valence-corrected chi connectivity index (χ2v) is 9.48. The van der Waals surface area contributed by atoms with Crippen LogP contribution in [0.25, 0.3) is 0 Å². The van der Waals surface area contributed by atoms with Gasteiger partial charge in [-0.2, -0.15) is 0 Å². The summed E-state index contributed by atoms with van der Waals surface area (Å²) >= 11 is 0. The van der Waals surface area contributed by atoms with Gasteiger partial charge in [-0.25, -0.2) is 0 Å². The predicted molar refractivity (Wildman–Crippen MR) is 121 cm³/mol. The Morgan fingerprint density at radius 1 is 1.06 bits per heavy atom. The Balaban J connectivity index is 1.29. The van der Waals surface area contributed by atoms with E-state index in [4.69, 9.17) is 0 Å². The molecule has 2 fully saturated rings. The summed E-state index contributed by atoms with van der Waals surface area (Å²) < 4.78 is 0. The van der Waals surface area contributed by atoms with Gasteiger partial charge >= 0.3 is 0 Å². The number of ketones is 1. The number of hydrogen-bond acceptors (Lipinski definition) is 4. The largest absolute Gasteiger partial charge is 0.353 e. The number of amides is 2. The molecule has 4 rings (SSSR count). The number of likely N-dealkylation sites (tertiary alicyclic amines) is 1. The average molecular weight is 426 g/mol. The van der Waals surface area contributed by atoms with Crippen LogP contribution in [-0.2, 0) is 16.0 Å². The molecule has 0 radical (unpaired) electrons. The van der Waals surface area contributed by atoms with Crippen molar-refractivity contribution in [3.05, 3.63) is 29.3 Å². The van der Waals surface area contributed by atoms with E-state index in [0.29, 0.717) is 13.0 Å². The molecule has 3 aliphatic rings. The van der Waals surface area contributed by atoms with E-state index in [1.165, 1.54) is 12.8 Å². The number of nitrogens with one attached hydrogen (secondary N) is 1. The van der Waals surface area contributed by atoms with Gasteiger partial charge in [-0.3, -0.25) is 19.3 Å². The number of nitrogens with zero attached hydrogens (tertiary/aromatic N) is 2. The normalized spacial score (nSPS) is 22.5. The number of anilines is 1. The predicted octanol–water partition coefficient (Wildman–Crippen LogP) is 3.33. The van der Waals surface area contributed by atoms with Gasteiger partial charge in [0.1, 0.15) is 0 Å². The molecule has 2 amide bonds. The fourth-order valence-electron chi connectivity index (χ4n) is 5.39. The maximum absolute atomic E-state index is 12.9. The van der Waals surface area contributed by atoms with Crippen molar-refractivity contribution >= 4 is 23.3 Å². The highest BCUT2D eigenvalue weighted by atomic mass is 16.2. The van der Waals surface area contributed by atoms with Crippen molar-refractivity contribution in [2.24, 2.45) is 5.92 Å². The van der Waals surface area contributed by atoms with Crippen molar-refractivity contribution in [2.75, 3.05) is 24.5 Å². The molecular formula is C25H35N3O3. The van der Waals surface area contributed by atoms with Crippen molar-refractivity contribution < 1.29 is 14.4 Å². The van der Waals surface area contributed by atoms with Crippen LogP contribution in [0.3, 0.4) is 0 Å². The number of rotatable bonds is 6. The molecule has 2 heterocycles. The van der Waals surface area contributed by atoms with Crippen molar-refractivity contribution in [3.8, 4) is 0 Å². The Hall–Kier alpha value is -2.21. The van der Waals surface area contributed by atoms with E-state index in [2.05, 4.69) is 17.1 Å². The zero-order valence-corrected chi connectivity index (χ0v) is 18.9. The molecule has 1 saturated carbocycles. The molecule has 1 unspecified atom stereocenters. The van der Waals surface area contributed by atoms with Crippen LogP contribution in [0.1, 0.15) is 74.7 Å². The van der Waals surface area contributed by atoms with E-state index < -0.39 is 0 Å². The Morgan fingerprint density at radius 3 is 2.45 bits per heavy atom. The summed E-state index contributed by atoms with van der Waals surface area (Å²) in [6.45, 7) is 6.03. The quantitative estimate of drug-likeness (QED) is 0.710. The molecule has 0 bridgehead atoms. The van der Waals surface area contributed by atoms with E-state index in [-0.39, 0.29) is 35.6 Å². The minimum Gasteiger partial charge on any atom is -0.353 e. The van der Waals surface area contributed by atoms with Crippen LogP contribution in [0.15, 0.2) is 18.2 Å². The average Bonchev–Trinajstić information content (AvgIpc) is 3.41. The fourth-order valence-corrected chi connectivity index (χ4v) is 5.39. The topological polar surface area (TPSA) is 69.7 Å². The summed E-state index contributed by atoms with van der Waals surface area (Å²) in [5.74, 6) is 0.707. The molecule has 2 aliphatic heterocycles. The second-order valence-electron chi connectivity index (χ2n) is 9.48. The zero-order valence-electron chi connectivity index (χ0n) is 18.9. The van der Waals surface area contributed by atoms with E-state index in [0.717, 1.165) is 62.0 Å². The van der Waals surface area contributed by atoms with E-state index in [1.54, 1.807) is 0 Å². The number of benzene rings is 1. The Labute approximate surface area is 185 Å². The van der Waals surface area contributed by atoms with Crippen LogP contribution in [-0.4, -0.2) is 54.2 Å². The molecule has 6 heteroatoms. The van der Waals surface area contributed by atoms with Gasteiger partial charge in [0, 0.05) is 48.8 Å². The first-order valence-electron chi connectivity index (χ1n) is 12.0. The van der Waals surface area contributed by atoms with Gasteiger partial charge in [0.15, 0.2) is 5.78 Å². The van der Waals surface area contributed by atoms with Gasteiger partial charge in [-0.1, -0.05) is 19.8 Å². The number of Topliss-reactive ketones (excluding diaryl/α,β-unsaturated/α-hetero) is 1. The third-order valence-electron chi connectivity index (χ3n) is 7.22. The number of carbonyl (C=O) groups excluding carboxylic acids is 3. The Bertz CT molecular complexity index is 838. The van der Waals surface area contributed by atoms with Crippen LogP contribution in [0.4, 0.5) is 5.69 Å². The maximum Gasteiger partial charge on any atom is 0.226 e. The number of hydrogen-bond donors (Lipinski definition) is 1. The molecule has 1 saturated heterocycles. The van der Waals surface area contributed by atoms with Crippen molar-refractivity contribution in [1.82, 2.24) is 10.2 Å².